The van der Waals surface area contributed by atoms with Gasteiger partial charge in [0.2, 0.25) is 5.91 Å². The van der Waals surface area contributed by atoms with Crippen LogP contribution >= 0.6 is 0 Å². The lowest BCUT2D eigenvalue weighted by atomic mass is 9.72. The van der Waals surface area contributed by atoms with Crippen molar-refractivity contribution in [3.8, 4) is 6.07 Å². The fourth-order valence-electron chi connectivity index (χ4n) is 4.83. The van der Waals surface area contributed by atoms with E-state index in [1.807, 2.05) is 9.80 Å². The van der Waals surface area contributed by atoms with Gasteiger partial charge < -0.3 is 14.5 Å². The third kappa shape index (κ3) is 3.77. The summed E-state index contributed by atoms with van der Waals surface area (Å²) in [6, 6.07) is 9.11. The largest absolute Gasteiger partial charge is 0.376 e. The SMILES string of the molecule is N#Cc1ccccc1C(=O)N1CCC2(CCC(=O)N(CC3CCCO3)C2)CC1. The van der Waals surface area contributed by atoms with Crippen molar-refractivity contribution in [3.63, 3.8) is 0 Å². The summed E-state index contributed by atoms with van der Waals surface area (Å²) in [6.45, 7) is 3.65. The van der Waals surface area contributed by atoms with Gasteiger partial charge in [-0.05, 0) is 49.7 Å². The van der Waals surface area contributed by atoms with E-state index in [0.29, 0.717) is 37.2 Å². The number of ether oxygens (including phenoxy) is 1. The van der Waals surface area contributed by atoms with Crippen LogP contribution in [0.5, 0.6) is 0 Å². The Bertz CT molecular complexity index is 786. The predicted octanol–water partition coefficient (Wildman–Crippen LogP) is 2.58. The average molecular weight is 381 g/mol. The molecule has 1 unspecified atom stereocenters. The molecule has 6 nitrogen and oxygen atoms in total. The van der Waals surface area contributed by atoms with Crippen molar-refractivity contribution in [3.05, 3.63) is 35.4 Å². The fourth-order valence-corrected chi connectivity index (χ4v) is 4.83. The number of piperidine rings is 2. The van der Waals surface area contributed by atoms with E-state index in [1.54, 1.807) is 24.3 Å². The van der Waals surface area contributed by atoms with Gasteiger partial charge in [0.15, 0.2) is 0 Å². The lowest BCUT2D eigenvalue weighted by Crippen LogP contribution is -2.53. The van der Waals surface area contributed by atoms with Gasteiger partial charge in [0.1, 0.15) is 0 Å². The first-order valence-corrected chi connectivity index (χ1v) is 10.3. The second-order valence-corrected chi connectivity index (χ2v) is 8.36. The molecule has 4 rings (SSSR count). The summed E-state index contributed by atoms with van der Waals surface area (Å²) in [6.07, 6.45) is 5.62. The zero-order valence-corrected chi connectivity index (χ0v) is 16.2. The number of hydrogen-bond donors (Lipinski definition) is 0. The summed E-state index contributed by atoms with van der Waals surface area (Å²) in [5, 5.41) is 9.27. The van der Waals surface area contributed by atoms with Gasteiger partial charge in [0.05, 0.1) is 23.3 Å². The second-order valence-electron chi connectivity index (χ2n) is 8.36. The number of nitriles is 1. The quantitative estimate of drug-likeness (QED) is 0.807. The molecule has 3 heterocycles. The standard InChI is InChI=1S/C22H27N3O3/c23-14-17-4-1-2-6-19(17)21(27)24-11-9-22(10-12-24)8-7-20(26)25(16-22)15-18-5-3-13-28-18/h1-2,4,6,18H,3,5,7-13,15-16H2. The van der Waals surface area contributed by atoms with E-state index in [9.17, 15) is 14.9 Å². The first-order valence-electron chi connectivity index (χ1n) is 10.3. The first kappa shape index (κ1) is 18.9. The van der Waals surface area contributed by atoms with Gasteiger partial charge in [0, 0.05) is 39.2 Å². The van der Waals surface area contributed by atoms with E-state index >= 15 is 0 Å². The highest BCUT2D eigenvalue weighted by molar-refractivity contribution is 5.96. The number of rotatable bonds is 3. The Labute approximate surface area is 166 Å². The minimum atomic E-state index is -0.0601. The van der Waals surface area contributed by atoms with Crippen molar-refractivity contribution in [2.45, 2.75) is 44.6 Å². The maximum Gasteiger partial charge on any atom is 0.255 e. The molecule has 2 amide bonds. The van der Waals surface area contributed by atoms with Crippen LogP contribution in [0.25, 0.3) is 0 Å². The number of likely N-dealkylation sites (tertiary alicyclic amines) is 2. The second kappa shape index (κ2) is 7.92. The van der Waals surface area contributed by atoms with Crippen molar-refractivity contribution in [2.75, 3.05) is 32.8 Å². The lowest BCUT2D eigenvalue weighted by Gasteiger charge is -2.47. The molecule has 28 heavy (non-hydrogen) atoms. The van der Waals surface area contributed by atoms with Gasteiger partial charge >= 0.3 is 0 Å². The van der Waals surface area contributed by atoms with Crippen LogP contribution in [0.3, 0.4) is 0 Å². The van der Waals surface area contributed by atoms with Crippen molar-refractivity contribution in [1.82, 2.24) is 9.80 Å². The molecule has 0 radical (unpaired) electrons. The Kier molecular flexibility index (Phi) is 5.36. The lowest BCUT2D eigenvalue weighted by molar-refractivity contribution is -0.141. The highest BCUT2D eigenvalue weighted by atomic mass is 16.5. The minimum Gasteiger partial charge on any atom is -0.376 e. The molecule has 0 aliphatic carbocycles. The molecule has 3 fully saturated rings. The van der Waals surface area contributed by atoms with E-state index < -0.39 is 0 Å². The van der Waals surface area contributed by atoms with Crippen molar-refractivity contribution < 1.29 is 14.3 Å². The maximum atomic E-state index is 12.9. The van der Waals surface area contributed by atoms with Gasteiger partial charge in [-0.3, -0.25) is 9.59 Å². The summed E-state index contributed by atoms with van der Waals surface area (Å²) < 4.78 is 5.73. The topological polar surface area (TPSA) is 73.6 Å². The Morgan fingerprint density at radius 3 is 2.75 bits per heavy atom. The van der Waals surface area contributed by atoms with Crippen LogP contribution in [-0.2, 0) is 9.53 Å². The zero-order valence-electron chi connectivity index (χ0n) is 16.2. The molecular weight excluding hydrogens is 354 g/mol. The zero-order chi connectivity index (χ0) is 19.6. The van der Waals surface area contributed by atoms with Gasteiger partial charge in [-0.2, -0.15) is 5.26 Å². The van der Waals surface area contributed by atoms with Gasteiger partial charge in [-0.1, -0.05) is 12.1 Å². The number of carbonyl (C=O) groups is 2. The van der Waals surface area contributed by atoms with Crippen molar-refractivity contribution >= 4 is 11.8 Å². The molecule has 1 spiro atoms. The van der Waals surface area contributed by atoms with Gasteiger partial charge in [0.25, 0.3) is 5.91 Å². The van der Waals surface area contributed by atoms with Gasteiger partial charge in [-0.25, -0.2) is 0 Å². The van der Waals surface area contributed by atoms with E-state index in [-0.39, 0.29) is 23.3 Å². The van der Waals surface area contributed by atoms with Crippen molar-refractivity contribution in [1.29, 1.82) is 5.26 Å². The smallest absolute Gasteiger partial charge is 0.255 e. The first-order chi connectivity index (χ1) is 13.6. The van der Waals surface area contributed by atoms with Crippen molar-refractivity contribution in [2.24, 2.45) is 5.41 Å². The van der Waals surface area contributed by atoms with E-state index in [0.717, 1.165) is 45.3 Å². The number of hydrogen-bond acceptors (Lipinski definition) is 4. The summed E-state index contributed by atoms with van der Waals surface area (Å²) in [5.74, 6) is 0.178. The van der Waals surface area contributed by atoms with Crippen LogP contribution in [0.4, 0.5) is 0 Å². The van der Waals surface area contributed by atoms with Crippen LogP contribution in [0, 0.1) is 16.7 Å². The molecule has 0 N–H and O–H groups in total. The van der Waals surface area contributed by atoms with Gasteiger partial charge in [-0.15, -0.1) is 0 Å². The molecule has 148 valence electrons. The monoisotopic (exact) mass is 381 g/mol. The summed E-state index contributed by atoms with van der Waals surface area (Å²) >= 11 is 0. The predicted molar refractivity (Wildman–Crippen MR) is 104 cm³/mol. The number of benzene rings is 1. The molecule has 0 saturated carbocycles. The average Bonchev–Trinajstić information content (AvgIpc) is 3.24. The normalized spacial score (nSPS) is 24.4. The molecule has 0 aromatic heterocycles. The van der Waals surface area contributed by atoms with Crippen LogP contribution in [0.2, 0.25) is 0 Å². The van der Waals surface area contributed by atoms with Crippen LogP contribution in [-0.4, -0.2) is 60.5 Å². The fraction of sp³-hybridized carbons (Fsp3) is 0.591. The molecule has 3 aliphatic rings. The number of amides is 2. The molecule has 3 aliphatic heterocycles. The van der Waals surface area contributed by atoms with E-state index in [2.05, 4.69) is 6.07 Å². The molecule has 3 saturated heterocycles. The van der Waals surface area contributed by atoms with Crippen LogP contribution < -0.4 is 0 Å². The Morgan fingerprint density at radius 1 is 1.25 bits per heavy atom. The number of carbonyl (C=O) groups excluding carboxylic acids is 2. The Balaban J connectivity index is 1.39. The minimum absolute atomic E-state index is 0.0601. The highest BCUT2D eigenvalue weighted by Crippen LogP contribution is 2.40. The Morgan fingerprint density at radius 2 is 2.04 bits per heavy atom. The summed E-state index contributed by atoms with van der Waals surface area (Å²) in [5.41, 5.74) is 1.02. The molecule has 1 atom stereocenters. The molecular formula is C22H27N3O3. The summed E-state index contributed by atoms with van der Waals surface area (Å²) in [4.78, 5) is 29.2. The molecule has 6 heteroatoms. The third-order valence-electron chi connectivity index (χ3n) is 6.59. The maximum absolute atomic E-state index is 12.9. The highest BCUT2D eigenvalue weighted by Gasteiger charge is 2.42. The Hall–Kier alpha value is -2.39. The molecule has 1 aromatic carbocycles. The molecule has 0 bridgehead atoms. The van der Waals surface area contributed by atoms with Crippen LogP contribution in [0.1, 0.15) is 54.4 Å². The number of nitrogens with zero attached hydrogens (tertiary/aromatic N) is 3. The van der Waals surface area contributed by atoms with E-state index in [1.165, 1.54) is 0 Å². The summed E-state index contributed by atoms with van der Waals surface area (Å²) in [7, 11) is 0. The van der Waals surface area contributed by atoms with E-state index in [4.69, 9.17) is 4.74 Å². The third-order valence-corrected chi connectivity index (χ3v) is 6.59. The van der Waals surface area contributed by atoms with Crippen LogP contribution in [0.15, 0.2) is 24.3 Å². The molecule has 1 aromatic rings.